The average molecular weight is 370 g/mol. The number of fused-ring (bicyclic) bond motifs is 1. The molecule has 0 atom stereocenters. The highest BCUT2D eigenvalue weighted by atomic mass is 35.5. The summed E-state index contributed by atoms with van der Waals surface area (Å²) in [4.78, 5) is 27.0. The molecular weight excluding hydrogens is 350 g/mol. The quantitative estimate of drug-likeness (QED) is 0.739. The summed E-state index contributed by atoms with van der Waals surface area (Å²) in [7, 11) is 0. The Balaban J connectivity index is 1.51. The number of anilines is 1. The number of amides is 1. The highest BCUT2D eigenvalue weighted by molar-refractivity contribution is 6.31. The minimum absolute atomic E-state index is 0.0852. The monoisotopic (exact) mass is 369 g/mol. The second-order valence-corrected chi connectivity index (χ2v) is 7.32. The summed E-state index contributed by atoms with van der Waals surface area (Å²) in [6, 6.07) is 9.34. The number of halogens is 1. The van der Waals surface area contributed by atoms with Crippen LogP contribution in [-0.2, 0) is 0 Å². The molecule has 26 heavy (non-hydrogen) atoms. The number of H-pyrrole nitrogens is 1. The number of rotatable bonds is 4. The van der Waals surface area contributed by atoms with Crippen molar-refractivity contribution >= 4 is 34.4 Å². The first-order valence-electron chi connectivity index (χ1n) is 8.67. The number of imidazole rings is 1. The Morgan fingerprint density at radius 1 is 1.35 bits per heavy atom. The predicted octanol–water partition coefficient (Wildman–Crippen LogP) is 3.35. The lowest BCUT2D eigenvalue weighted by atomic mass is 9.98. The normalized spacial score (nSPS) is 14.7. The molecule has 3 heterocycles. The first kappa shape index (κ1) is 16.8. The lowest BCUT2D eigenvalue weighted by molar-refractivity contribution is 0.0943. The number of hydrogen-bond acceptors (Lipinski definition) is 4. The van der Waals surface area contributed by atoms with Crippen molar-refractivity contribution in [3.63, 3.8) is 0 Å². The van der Waals surface area contributed by atoms with Gasteiger partial charge in [0.25, 0.3) is 5.91 Å². The van der Waals surface area contributed by atoms with Crippen LogP contribution in [0.1, 0.15) is 35.9 Å². The van der Waals surface area contributed by atoms with Crippen LogP contribution in [0.25, 0.3) is 11.0 Å². The van der Waals surface area contributed by atoms with Crippen molar-refractivity contribution in [2.24, 2.45) is 0 Å². The molecular formula is C19H20ClN5O. The summed E-state index contributed by atoms with van der Waals surface area (Å²) in [5.74, 6) is 1.86. The van der Waals surface area contributed by atoms with Gasteiger partial charge in [0.2, 0.25) is 0 Å². The third kappa shape index (κ3) is 3.12. The van der Waals surface area contributed by atoms with Crippen LogP contribution in [-0.4, -0.2) is 40.0 Å². The highest BCUT2D eigenvalue weighted by Crippen LogP contribution is 2.32. The van der Waals surface area contributed by atoms with E-state index in [1.165, 1.54) is 0 Å². The zero-order chi connectivity index (χ0) is 18.3. The van der Waals surface area contributed by atoms with Crippen molar-refractivity contribution in [2.45, 2.75) is 25.8 Å². The van der Waals surface area contributed by atoms with E-state index >= 15 is 0 Å². The van der Waals surface area contributed by atoms with Gasteiger partial charge in [-0.15, -0.1) is 0 Å². The fourth-order valence-electron chi connectivity index (χ4n) is 3.19. The van der Waals surface area contributed by atoms with E-state index in [1.54, 1.807) is 12.3 Å². The molecule has 2 aromatic heterocycles. The van der Waals surface area contributed by atoms with Crippen molar-refractivity contribution in [1.29, 1.82) is 0 Å². The molecule has 0 unspecified atom stereocenters. The molecule has 0 spiro atoms. The number of aromatic nitrogens is 3. The molecule has 2 N–H and O–H groups in total. The summed E-state index contributed by atoms with van der Waals surface area (Å²) < 4.78 is 0. The molecule has 0 aliphatic carbocycles. The minimum Gasteiger partial charge on any atom is -0.354 e. The van der Waals surface area contributed by atoms with E-state index in [9.17, 15) is 4.79 Å². The fourth-order valence-corrected chi connectivity index (χ4v) is 3.36. The van der Waals surface area contributed by atoms with Gasteiger partial charge in [-0.25, -0.2) is 9.97 Å². The van der Waals surface area contributed by atoms with E-state index in [2.05, 4.69) is 25.2 Å². The van der Waals surface area contributed by atoms with E-state index in [0.29, 0.717) is 10.6 Å². The molecule has 6 nitrogen and oxygen atoms in total. The molecule has 1 aliphatic heterocycles. The van der Waals surface area contributed by atoms with Crippen LogP contribution in [0, 0.1) is 0 Å². The SMILES string of the molecule is CC(C)NC(=O)c1cccnc1N1CC(c2nc3ccc(Cl)cc3[nH]2)C1. The molecule has 3 aromatic rings. The Bertz CT molecular complexity index is 961. The Morgan fingerprint density at radius 2 is 2.15 bits per heavy atom. The number of pyridine rings is 1. The van der Waals surface area contributed by atoms with Crippen LogP contribution in [0.15, 0.2) is 36.5 Å². The highest BCUT2D eigenvalue weighted by Gasteiger charge is 2.33. The predicted molar refractivity (Wildman–Crippen MR) is 103 cm³/mol. The van der Waals surface area contributed by atoms with E-state index in [-0.39, 0.29) is 17.9 Å². The molecule has 1 aliphatic rings. The molecule has 7 heteroatoms. The average Bonchev–Trinajstić information content (AvgIpc) is 2.95. The number of benzene rings is 1. The maximum absolute atomic E-state index is 12.4. The number of carbonyl (C=O) groups excluding carboxylic acids is 1. The molecule has 0 bridgehead atoms. The number of nitrogens with one attached hydrogen (secondary N) is 2. The minimum atomic E-state index is -0.0927. The van der Waals surface area contributed by atoms with Gasteiger partial charge in [0.1, 0.15) is 11.6 Å². The summed E-state index contributed by atoms with van der Waals surface area (Å²) in [5.41, 5.74) is 2.47. The van der Waals surface area contributed by atoms with E-state index in [1.807, 2.05) is 38.1 Å². The maximum atomic E-state index is 12.4. The van der Waals surface area contributed by atoms with E-state index < -0.39 is 0 Å². The zero-order valence-electron chi connectivity index (χ0n) is 14.7. The Hall–Kier alpha value is -2.60. The van der Waals surface area contributed by atoms with Gasteiger partial charge in [0.05, 0.1) is 22.5 Å². The van der Waals surface area contributed by atoms with Gasteiger partial charge in [-0.1, -0.05) is 11.6 Å². The molecule has 1 amide bonds. The molecule has 1 saturated heterocycles. The van der Waals surface area contributed by atoms with Crippen LogP contribution in [0.5, 0.6) is 0 Å². The molecule has 134 valence electrons. The largest absolute Gasteiger partial charge is 0.354 e. The Kier molecular flexibility index (Phi) is 4.28. The standard InChI is InChI=1S/C19H20ClN5O/c1-11(2)22-19(26)14-4-3-7-21-18(14)25-9-12(10-25)17-23-15-6-5-13(20)8-16(15)24-17/h3-8,11-12H,9-10H2,1-2H3,(H,22,26)(H,23,24). The van der Waals surface area contributed by atoms with Gasteiger partial charge < -0.3 is 15.2 Å². The molecule has 0 saturated carbocycles. The summed E-state index contributed by atoms with van der Waals surface area (Å²) in [6.07, 6.45) is 1.72. The van der Waals surface area contributed by atoms with Gasteiger partial charge in [-0.3, -0.25) is 4.79 Å². The van der Waals surface area contributed by atoms with Gasteiger partial charge in [-0.05, 0) is 44.2 Å². The van der Waals surface area contributed by atoms with Crippen molar-refractivity contribution in [2.75, 3.05) is 18.0 Å². The zero-order valence-corrected chi connectivity index (χ0v) is 15.4. The van der Waals surface area contributed by atoms with E-state index in [4.69, 9.17) is 11.6 Å². The number of aromatic amines is 1. The second-order valence-electron chi connectivity index (χ2n) is 6.89. The number of nitrogens with zero attached hydrogens (tertiary/aromatic N) is 3. The third-order valence-electron chi connectivity index (χ3n) is 4.48. The van der Waals surface area contributed by atoms with Crippen molar-refractivity contribution in [3.8, 4) is 0 Å². The Labute approximate surface area is 156 Å². The van der Waals surface area contributed by atoms with Crippen molar-refractivity contribution < 1.29 is 4.79 Å². The molecule has 1 aromatic carbocycles. The van der Waals surface area contributed by atoms with Crippen LogP contribution in [0.4, 0.5) is 5.82 Å². The van der Waals surface area contributed by atoms with Gasteiger partial charge >= 0.3 is 0 Å². The maximum Gasteiger partial charge on any atom is 0.255 e. The van der Waals surface area contributed by atoms with Gasteiger partial charge in [-0.2, -0.15) is 0 Å². The lowest BCUT2D eigenvalue weighted by Crippen LogP contribution is -2.47. The Morgan fingerprint density at radius 3 is 2.92 bits per heavy atom. The molecule has 4 rings (SSSR count). The summed E-state index contributed by atoms with van der Waals surface area (Å²) in [6.45, 7) is 5.43. The lowest BCUT2D eigenvalue weighted by Gasteiger charge is -2.39. The fraction of sp³-hybridized carbons (Fsp3) is 0.316. The smallest absolute Gasteiger partial charge is 0.255 e. The summed E-state index contributed by atoms with van der Waals surface area (Å²) >= 11 is 6.04. The second kappa shape index (κ2) is 6.61. The van der Waals surface area contributed by atoms with Crippen LogP contribution < -0.4 is 10.2 Å². The third-order valence-corrected chi connectivity index (χ3v) is 4.72. The number of hydrogen-bond donors (Lipinski definition) is 2. The summed E-state index contributed by atoms with van der Waals surface area (Å²) in [5, 5.41) is 3.62. The van der Waals surface area contributed by atoms with Crippen LogP contribution in [0.2, 0.25) is 5.02 Å². The van der Waals surface area contributed by atoms with Gasteiger partial charge in [0.15, 0.2) is 0 Å². The van der Waals surface area contributed by atoms with E-state index in [0.717, 1.165) is 35.8 Å². The van der Waals surface area contributed by atoms with Crippen LogP contribution in [0.3, 0.4) is 0 Å². The first-order chi connectivity index (χ1) is 12.5. The van der Waals surface area contributed by atoms with Crippen molar-refractivity contribution in [1.82, 2.24) is 20.3 Å². The molecule has 1 fully saturated rings. The topological polar surface area (TPSA) is 73.9 Å². The van der Waals surface area contributed by atoms with Crippen molar-refractivity contribution in [3.05, 3.63) is 52.9 Å². The molecule has 0 radical (unpaired) electrons. The first-order valence-corrected chi connectivity index (χ1v) is 9.05. The number of carbonyl (C=O) groups is 1. The van der Waals surface area contributed by atoms with Gasteiger partial charge in [0, 0.05) is 30.4 Å². The van der Waals surface area contributed by atoms with Crippen LogP contribution >= 0.6 is 11.6 Å².